The molecule has 0 aromatic rings. The summed E-state index contributed by atoms with van der Waals surface area (Å²) in [5.74, 6) is -4.93. The third-order valence-electron chi connectivity index (χ3n) is 18.1. The maximum Gasteiger partial charge on any atom is 0.317 e. The summed E-state index contributed by atoms with van der Waals surface area (Å²) in [7, 11) is 0. The number of rotatable bonds is 15. The SMILES string of the molecule is O=C(CC(=O)OC[C@H]1O[C@@H](OC2CC(O)C3C(=O)CC(C4CCC(O)C(O)C4)OC3C2)[C@H](O)[C@@H](O)[C@@H]1O)OC[C@H]1O[C@@H](OC[C@H]2O[C@@H](OC3CC4C(O)CC(O)CC4[OH+]C3C3CC(O)C(O)C(O)C3)[C@H](O)[C@@H](O)[C@@H]2O)[C@H](O)[C@@H](O)[C@@H]1O. The third kappa shape index (κ3) is 14.1. The van der Waals surface area contributed by atoms with E-state index in [9.17, 15) is 101 Å². The molecule has 81 heavy (non-hydrogen) atoms. The topological polar surface area (TPSA) is 491 Å². The summed E-state index contributed by atoms with van der Waals surface area (Å²) < 4.78 is 56.4. The lowest BCUT2D eigenvalue weighted by Crippen LogP contribution is -2.64. The number of hydrogen-bond acceptors (Lipinski definition) is 29. The van der Waals surface area contributed by atoms with Crippen LogP contribution in [-0.4, -0.2) is 307 Å². The fourth-order valence-corrected chi connectivity index (χ4v) is 13.4. The zero-order valence-corrected chi connectivity index (χ0v) is 44.1. The molecule has 9 aliphatic rings. The minimum absolute atomic E-state index is 0.0112. The van der Waals surface area contributed by atoms with E-state index in [-0.39, 0.29) is 69.5 Å². The van der Waals surface area contributed by atoms with Gasteiger partial charge in [0.05, 0.1) is 79.5 Å². The zero-order chi connectivity index (χ0) is 58.5. The molecular weight excluding hydrogens is 1090 g/mol. The first-order valence-corrected chi connectivity index (χ1v) is 28.0. The Morgan fingerprint density at radius 2 is 1.01 bits per heavy atom. The highest BCUT2D eigenvalue weighted by Gasteiger charge is 2.57. The second-order valence-corrected chi connectivity index (χ2v) is 23.7. The van der Waals surface area contributed by atoms with Gasteiger partial charge in [-0.2, -0.15) is 0 Å². The van der Waals surface area contributed by atoms with Gasteiger partial charge in [-0.15, -0.1) is 0 Å². The lowest BCUT2D eigenvalue weighted by Gasteiger charge is -2.49. The van der Waals surface area contributed by atoms with E-state index in [1.54, 1.807) is 0 Å². The van der Waals surface area contributed by atoms with Gasteiger partial charge in [0.1, 0.15) is 111 Å². The van der Waals surface area contributed by atoms with Crippen molar-refractivity contribution in [2.75, 3.05) is 19.8 Å². The van der Waals surface area contributed by atoms with Crippen molar-refractivity contribution in [1.29, 1.82) is 0 Å². The number of ketones is 1. The first kappa shape index (κ1) is 63.1. The van der Waals surface area contributed by atoms with Crippen molar-refractivity contribution in [1.82, 2.24) is 0 Å². The fourth-order valence-electron chi connectivity index (χ4n) is 13.4. The van der Waals surface area contributed by atoms with Gasteiger partial charge in [0.15, 0.2) is 31.1 Å². The van der Waals surface area contributed by atoms with Crippen LogP contribution in [0.5, 0.6) is 0 Å². The average Bonchev–Trinajstić information content (AvgIpc) is 3.60. The Morgan fingerprint density at radius 3 is 1.60 bits per heavy atom. The summed E-state index contributed by atoms with van der Waals surface area (Å²) in [6.45, 7) is -2.38. The summed E-state index contributed by atoms with van der Waals surface area (Å²) in [6, 6.07) is 0. The lowest BCUT2D eigenvalue weighted by molar-refractivity contribution is -0.363. The minimum atomic E-state index is -2.00. The molecule has 9 fully saturated rings. The first-order valence-electron chi connectivity index (χ1n) is 28.0. The summed E-state index contributed by atoms with van der Waals surface area (Å²) in [5.41, 5.74) is 0. The summed E-state index contributed by atoms with van der Waals surface area (Å²) >= 11 is 0. The molecule has 30 nitrogen and oxygen atoms in total. The summed E-state index contributed by atoms with van der Waals surface area (Å²) in [4.78, 5) is 38.9. The Hall–Kier alpha value is -2.39. The first-order chi connectivity index (χ1) is 38.4. The third-order valence-corrected chi connectivity index (χ3v) is 18.1. The van der Waals surface area contributed by atoms with Crippen LogP contribution < -0.4 is 0 Å². The van der Waals surface area contributed by atoms with E-state index in [0.717, 1.165) is 0 Å². The standard InChI is InChI=1S/C51H80O30/c52-18-6-22(54)20-10-31(48(77-29(20)7-18)17-4-26(58)38(62)27(59)5-17)78-51-47(71)44(68)41(65)34(81-51)15-74-49-45(69)42(66)39(63)32(79-49)13-72-35(60)12-36(61)73-14-33-40(64)43(67)46(70)50(80-33)75-19-8-24(56)37-25(57)11-28(76-30(37)9-19)16-1-2-21(53)23(55)3-16/h16-24,26-34,37-56,58-59,62-71H,1-15H2/p+1/t16?,17?,18?,19?,20?,21?,22?,23?,24?,26?,27?,28?,29?,30?,31?,32-,33-,34-,37?,38?,39-,40-,41-,42+,43+,44+,45-,46-,47-,48?,49-,50-,51-/m1/s1. The normalized spacial score (nSPS) is 51.6. The molecular formula is C51H81O30+. The number of aliphatic hydroxyl groups is 19. The van der Waals surface area contributed by atoms with Gasteiger partial charge in [0, 0.05) is 38.0 Å². The molecule has 9 rings (SSSR count). The van der Waals surface area contributed by atoms with Crippen LogP contribution in [0.1, 0.15) is 77.0 Å². The van der Waals surface area contributed by atoms with Crippen LogP contribution in [0.15, 0.2) is 0 Å². The highest BCUT2D eigenvalue weighted by Crippen LogP contribution is 2.44. The molecule has 0 spiro atoms. The van der Waals surface area contributed by atoms with Gasteiger partial charge in [-0.1, -0.05) is 0 Å². The molecule has 18 N–H and O–H groups in total. The minimum Gasteiger partial charge on any atom is -0.462 e. The van der Waals surface area contributed by atoms with E-state index in [1.807, 2.05) is 0 Å². The predicted molar refractivity (Wildman–Crippen MR) is 259 cm³/mol. The largest absolute Gasteiger partial charge is 0.462 e. The van der Waals surface area contributed by atoms with Gasteiger partial charge in [-0.3, -0.25) is 14.4 Å². The average molecular weight is 1170 g/mol. The number of Topliss-reactive ketones (excluding diaryl/α,β-unsaturated/α-hetero) is 1. The van der Waals surface area contributed by atoms with Crippen molar-refractivity contribution in [3.8, 4) is 0 Å². The highest BCUT2D eigenvalue weighted by molar-refractivity contribution is 5.91. The molecule has 0 bridgehead atoms. The van der Waals surface area contributed by atoms with Crippen molar-refractivity contribution in [3.05, 3.63) is 0 Å². The van der Waals surface area contributed by atoms with E-state index in [0.29, 0.717) is 12.8 Å². The molecule has 4 saturated carbocycles. The highest BCUT2D eigenvalue weighted by atomic mass is 16.7. The molecule has 5 aliphatic heterocycles. The van der Waals surface area contributed by atoms with Crippen molar-refractivity contribution in [2.24, 2.45) is 23.7 Å². The predicted octanol–water partition coefficient (Wildman–Crippen LogP) is -9.01. The van der Waals surface area contributed by atoms with Crippen molar-refractivity contribution in [2.45, 2.75) is 255 Å². The lowest BCUT2D eigenvalue weighted by atomic mass is 9.72. The Bertz CT molecular complexity index is 2080. The number of ether oxygens (including phenoxy) is 10. The maximum atomic E-state index is 13.2. The number of hydrogen-bond donors (Lipinski definition) is 17. The van der Waals surface area contributed by atoms with Crippen LogP contribution in [0.4, 0.5) is 0 Å². The van der Waals surface area contributed by atoms with E-state index < -0.39 is 234 Å². The molecule has 31 atom stereocenters. The quantitative estimate of drug-likeness (QED) is 0.0411. The number of carbonyl (C=O) groups is 3. The maximum absolute atomic E-state index is 13.2. The Morgan fingerprint density at radius 1 is 0.469 bits per heavy atom. The van der Waals surface area contributed by atoms with Crippen LogP contribution in [0, 0.1) is 23.7 Å². The van der Waals surface area contributed by atoms with Gasteiger partial charge in [-0.05, 0) is 44.4 Å². The Kier molecular flexibility index (Phi) is 20.8. The molecule has 30 heteroatoms. The second kappa shape index (κ2) is 26.7. The van der Waals surface area contributed by atoms with Crippen molar-refractivity contribution in [3.63, 3.8) is 0 Å². The summed E-state index contributed by atoms with van der Waals surface area (Å²) in [6.07, 6.45) is -40.5. The van der Waals surface area contributed by atoms with E-state index in [4.69, 9.17) is 47.4 Å². The molecule has 5 heterocycles. The van der Waals surface area contributed by atoms with Crippen LogP contribution >= 0.6 is 0 Å². The molecule has 0 aromatic carbocycles. The van der Waals surface area contributed by atoms with Crippen LogP contribution in [-0.2, 0) is 57.0 Å². The van der Waals surface area contributed by atoms with Crippen LogP contribution in [0.2, 0.25) is 0 Å². The Labute approximate surface area is 463 Å². The number of fused-ring (bicyclic) bond motifs is 2. The molecule has 464 valence electrons. The smallest absolute Gasteiger partial charge is 0.317 e. The van der Waals surface area contributed by atoms with Gasteiger partial charge in [0.25, 0.3) is 0 Å². The molecule has 0 aromatic heterocycles. The Balaban J connectivity index is 0.743. The molecule has 0 radical (unpaired) electrons. The van der Waals surface area contributed by atoms with Crippen molar-refractivity contribution >= 4 is 17.7 Å². The number of carbonyl (C=O) groups excluding carboxylic acids is 3. The summed E-state index contributed by atoms with van der Waals surface area (Å²) in [5, 5.41) is 181. The van der Waals surface area contributed by atoms with E-state index in [1.165, 1.54) is 0 Å². The molecule has 0 amide bonds. The zero-order valence-electron chi connectivity index (χ0n) is 44.1. The number of esters is 2. The van der Waals surface area contributed by atoms with Gasteiger partial charge >= 0.3 is 11.9 Å². The van der Waals surface area contributed by atoms with Gasteiger partial charge < -0.3 is 134 Å². The van der Waals surface area contributed by atoms with E-state index >= 15 is 0 Å². The van der Waals surface area contributed by atoms with Crippen LogP contribution in [0.25, 0.3) is 0 Å². The van der Waals surface area contributed by atoms with Gasteiger partial charge in [-0.25, -0.2) is 0 Å². The van der Waals surface area contributed by atoms with Gasteiger partial charge in [0.2, 0.25) is 0 Å². The van der Waals surface area contributed by atoms with Crippen molar-refractivity contribution < 1.29 is 149 Å². The van der Waals surface area contributed by atoms with Crippen LogP contribution in [0.3, 0.4) is 0 Å². The molecule has 4 aliphatic carbocycles. The monoisotopic (exact) mass is 1170 g/mol. The second-order valence-electron chi connectivity index (χ2n) is 23.7. The number of aliphatic hydroxyl groups excluding tert-OH is 17. The molecule has 5 saturated heterocycles. The molecule has 16 unspecified atom stereocenters. The fraction of sp³-hybridized carbons (Fsp3) is 0.941. The van der Waals surface area contributed by atoms with E-state index in [2.05, 4.69) is 0 Å².